The van der Waals surface area contributed by atoms with Gasteiger partial charge in [0.15, 0.2) is 0 Å². The molecule has 0 saturated heterocycles. The van der Waals surface area contributed by atoms with Crippen molar-refractivity contribution in [3.63, 3.8) is 0 Å². The first-order valence-electron chi connectivity index (χ1n) is 6.19. The summed E-state index contributed by atoms with van der Waals surface area (Å²) in [6.07, 6.45) is 0.534. The Morgan fingerprint density at radius 2 is 1.85 bits per heavy atom. The third-order valence-corrected chi connectivity index (χ3v) is 2.82. The van der Waals surface area contributed by atoms with E-state index < -0.39 is 18.3 Å². The van der Waals surface area contributed by atoms with E-state index in [9.17, 15) is 13.2 Å². The lowest BCUT2D eigenvalue weighted by Crippen LogP contribution is -2.17. The lowest BCUT2D eigenvalue weighted by molar-refractivity contribution is -0.0412. The summed E-state index contributed by atoms with van der Waals surface area (Å²) in [5, 5.41) is 0. The highest BCUT2D eigenvalue weighted by Crippen LogP contribution is 2.31. The van der Waals surface area contributed by atoms with Crippen LogP contribution in [0.4, 0.5) is 13.2 Å². The summed E-state index contributed by atoms with van der Waals surface area (Å²) in [5.74, 6) is -4.03. The summed E-state index contributed by atoms with van der Waals surface area (Å²) < 4.78 is 45.6. The van der Waals surface area contributed by atoms with Crippen LogP contribution in [0.15, 0.2) is 48.7 Å². The van der Waals surface area contributed by atoms with Gasteiger partial charge >= 0.3 is 0 Å². The molecule has 0 fully saturated rings. The Balaban J connectivity index is 1.83. The predicted octanol–water partition coefficient (Wildman–Crippen LogP) is 3.92. The van der Waals surface area contributed by atoms with E-state index in [1.54, 1.807) is 0 Å². The van der Waals surface area contributed by atoms with Crippen LogP contribution in [-0.4, -0.2) is 11.6 Å². The van der Waals surface area contributed by atoms with Crippen molar-refractivity contribution < 1.29 is 17.9 Å². The van der Waals surface area contributed by atoms with Crippen LogP contribution >= 0.6 is 0 Å². The van der Waals surface area contributed by atoms with Crippen molar-refractivity contribution in [3.8, 4) is 0 Å². The number of hydrogen-bond acceptors (Lipinski definition) is 2. The Morgan fingerprint density at radius 3 is 2.55 bits per heavy atom. The van der Waals surface area contributed by atoms with Gasteiger partial charge in [0.1, 0.15) is 0 Å². The molecule has 2 aromatic rings. The van der Waals surface area contributed by atoms with Crippen LogP contribution < -0.4 is 0 Å². The maximum atomic E-state index is 13.8. The minimum atomic E-state index is -3.12. The van der Waals surface area contributed by atoms with Crippen molar-refractivity contribution in [2.45, 2.75) is 19.0 Å². The molecule has 0 unspecified atom stereocenters. The zero-order chi connectivity index (χ0) is 14.4. The second kappa shape index (κ2) is 6.52. The average molecular weight is 281 g/mol. The van der Waals surface area contributed by atoms with E-state index in [0.29, 0.717) is 0 Å². The molecule has 0 bridgehead atoms. The first-order chi connectivity index (χ1) is 9.58. The van der Waals surface area contributed by atoms with Crippen LogP contribution in [0.3, 0.4) is 0 Å². The van der Waals surface area contributed by atoms with E-state index in [4.69, 9.17) is 4.74 Å². The number of benzene rings is 1. The van der Waals surface area contributed by atoms with Gasteiger partial charge in [-0.25, -0.2) is 13.8 Å². The number of nitrogens with zero attached hydrogens (tertiary/aromatic N) is 1. The molecule has 0 atom stereocenters. The molecule has 1 aromatic carbocycles. The molecule has 0 amide bonds. The van der Waals surface area contributed by atoms with Gasteiger partial charge in [-0.1, -0.05) is 30.3 Å². The summed E-state index contributed by atoms with van der Waals surface area (Å²) in [4.78, 5) is 3.26. The quantitative estimate of drug-likeness (QED) is 0.591. The molecule has 0 radical (unpaired) electrons. The zero-order valence-electron chi connectivity index (χ0n) is 10.7. The van der Waals surface area contributed by atoms with Crippen LogP contribution in [0.1, 0.15) is 17.5 Å². The van der Waals surface area contributed by atoms with Gasteiger partial charge in [-0.05, 0) is 11.6 Å². The van der Waals surface area contributed by atoms with E-state index in [-0.39, 0.29) is 18.8 Å². The van der Waals surface area contributed by atoms with Crippen molar-refractivity contribution >= 4 is 0 Å². The van der Waals surface area contributed by atoms with Crippen molar-refractivity contribution in [2.24, 2.45) is 0 Å². The van der Waals surface area contributed by atoms with Gasteiger partial charge in [0.05, 0.1) is 13.2 Å². The fraction of sp³-hybridized carbons (Fsp3) is 0.267. The summed E-state index contributed by atoms with van der Waals surface area (Å²) in [5.41, 5.74) is 0.541. The molecule has 0 aliphatic heterocycles. The van der Waals surface area contributed by atoms with E-state index in [1.165, 1.54) is 0 Å². The molecule has 0 saturated carbocycles. The lowest BCUT2D eigenvalue weighted by Gasteiger charge is -2.16. The Morgan fingerprint density at radius 1 is 1.10 bits per heavy atom. The van der Waals surface area contributed by atoms with E-state index in [2.05, 4.69) is 4.98 Å². The van der Waals surface area contributed by atoms with Crippen molar-refractivity contribution in [3.05, 3.63) is 65.7 Å². The number of pyridine rings is 1. The fourth-order valence-electron chi connectivity index (χ4n) is 1.74. The fourth-order valence-corrected chi connectivity index (χ4v) is 1.74. The van der Waals surface area contributed by atoms with Crippen molar-refractivity contribution in [1.82, 2.24) is 4.98 Å². The molecule has 2 rings (SSSR count). The predicted molar refractivity (Wildman–Crippen MR) is 68.8 cm³/mol. The van der Waals surface area contributed by atoms with Crippen LogP contribution in [0, 0.1) is 5.95 Å². The van der Waals surface area contributed by atoms with Gasteiger partial charge in [-0.15, -0.1) is 0 Å². The number of ether oxygens (including phenoxy) is 1. The van der Waals surface area contributed by atoms with Crippen molar-refractivity contribution in [2.75, 3.05) is 6.61 Å². The average Bonchev–Trinajstić information content (AvgIpc) is 2.45. The minimum absolute atomic E-state index is 0.105. The van der Waals surface area contributed by atoms with Crippen LogP contribution in [0.5, 0.6) is 0 Å². The number of aromatic nitrogens is 1. The molecule has 0 aliphatic rings. The van der Waals surface area contributed by atoms with Gasteiger partial charge in [0, 0.05) is 24.2 Å². The first kappa shape index (κ1) is 14.5. The summed E-state index contributed by atoms with van der Waals surface area (Å²) >= 11 is 0. The number of alkyl halides is 2. The Labute approximate surface area is 115 Å². The molecular weight excluding hydrogens is 267 g/mol. The van der Waals surface area contributed by atoms with Gasteiger partial charge in [0.25, 0.3) is 5.92 Å². The Bertz CT molecular complexity index is 546. The highest BCUT2D eigenvalue weighted by Gasteiger charge is 2.31. The van der Waals surface area contributed by atoms with Gasteiger partial charge < -0.3 is 4.74 Å². The van der Waals surface area contributed by atoms with Gasteiger partial charge in [-0.2, -0.15) is 4.39 Å². The summed E-state index contributed by atoms with van der Waals surface area (Å²) in [6, 6.07) is 11.2. The molecule has 20 heavy (non-hydrogen) atoms. The van der Waals surface area contributed by atoms with Gasteiger partial charge in [0.2, 0.25) is 5.95 Å². The summed E-state index contributed by atoms with van der Waals surface area (Å²) in [7, 11) is 0. The number of hydrogen-bond donors (Lipinski definition) is 0. The molecule has 2 nitrogen and oxygen atoms in total. The molecule has 0 spiro atoms. The second-order valence-corrected chi connectivity index (χ2v) is 4.36. The molecule has 106 valence electrons. The normalized spacial score (nSPS) is 11.6. The standard InChI is InChI=1S/C15H14F3NO/c16-14-10-13(6-8-19-14)15(17,18)7-9-20-11-12-4-2-1-3-5-12/h1-6,8,10H,7,9,11H2. The monoisotopic (exact) mass is 281 g/mol. The number of rotatable bonds is 6. The second-order valence-electron chi connectivity index (χ2n) is 4.36. The van der Waals surface area contributed by atoms with Gasteiger partial charge in [-0.3, -0.25) is 0 Å². The van der Waals surface area contributed by atoms with Crippen LogP contribution in [-0.2, 0) is 17.3 Å². The van der Waals surface area contributed by atoms with E-state index in [1.807, 2.05) is 30.3 Å². The van der Waals surface area contributed by atoms with Crippen molar-refractivity contribution in [1.29, 1.82) is 0 Å². The smallest absolute Gasteiger partial charge is 0.275 e. The van der Waals surface area contributed by atoms with Crippen LogP contribution in [0.25, 0.3) is 0 Å². The van der Waals surface area contributed by atoms with E-state index >= 15 is 0 Å². The molecule has 0 N–H and O–H groups in total. The largest absolute Gasteiger partial charge is 0.377 e. The highest BCUT2D eigenvalue weighted by molar-refractivity contribution is 5.17. The topological polar surface area (TPSA) is 22.1 Å². The summed E-state index contributed by atoms with van der Waals surface area (Å²) in [6.45, 7) is 0.174. The van der Waals surface area contributed by atoms with E-state index in [0.717, 1.165) is 23.9 Å². The highest BCUT2D eigenvalue weighted by atomic mass is 19.3. The molecule has 1 aromatic heterocycles. The zero-order valence-corrected chi connectivity index (χ0v) is 10.7. The minimum Gasteiger partial charge on any atom is -0.377 e. The molecular formula is C15H14F3NO. The Kier molecular flexibility index (Phi) is 4.74. The Hall–Kier alpha value is -1.88. The molecule has 1 heterocycles. The maximum absolute atomic E-state index is 13.8. The SMILES string of the molecule is Fc1cc(C(F)(F)CCOCc2ccccc2)ccn1. The third-order valence-electron chi connectivity index (χ3n) is 2.82. The third kappa shape index (κ3) is 4.06. The maximum Gasteiger partial charge on any atom is 0.275 e. The molecule has 0 aliphatic carbocycles. The first-order valence-corrected chi connectivity index (χ1v) is 6.19. The lowest BCUT2D eigenvalue weighted by atomic mass is 10.1. The van der Waals surface area contributed by atoms with Crippen LogP contribution in [0.2, 0.25) is 0 Å². The molecule has 5 heteroatoms. The number of halogens is 3.